The van der Waals surface area contributed by atoms with E-state index in [2.05, 4.69) is 10.2 Å². The first-order valence-corrected chi connectivity index (χ1v) is 9.62. The van der Waals surface area contributed by atoms with Crippen LogP contribution in [0.2, 0.25) is 10.0 Å². The number of benzene rings is 2. The van der Waals surface area contributed by atoms with E-state index in [0.717, 1.165) is 43.2 Å². The molecule has 1 amide bonds. The molecule has 0 atom stereocenters. The van der Waals surface area contributed by atoms with Gasteiger partial charge in [-0.05, 0) is 42.9 Å². The molecule has 0 bridgehead atoms. The van der Waals surface area contributed by atoms with E-state index >= 15 is 0 Å². The van der Waals surface area contributed by atoms with Crippen molar-refractivity contribution in [2.24, 2.45) is 0 Å². The zero-order chi connectivity index (χ0) is 19.2. The minimum Gasteiger partial charge on any atom is -0.378 e. The second kappa shape index (κ2) is 9.42. The number of nitrogens with one attached hydrogen (secondary N) is 1. The van der Waals surface area contributed by atoms with Gasteiger partial charge < -0.3 is 15.0 Å². The number of carbonyl (C=O) groups is 1. The van der Waals surface area contributed by atoms with E-state index < -0.39 is 0 Å². The van der Waals surface area contributed by atoms with Crippen molar-refractivity contribution in [2.45, 2.75) is 6.54 Å². The molecule has 1 heterocycles. The lowest BCUT2D eigenvalue weighted by Gasteiger charge is -2.28. The highest BCUT2D eigenvalue weighted by Crippen LogP contribution is 2.26. The van der Waals surface area contributed by atoms with Gasteiger partial charge >= 0.3 is 0 Å². The molecule has 0 saturated carbocycles. The summed E-state index contributed by atoms with van der Waals surface area (Å²) in [4.78, 5) is 16.5. The van der Waals surface area contributed by atoms with Crippen LogP contribution in [0.5, 0.6) is 0 Å². The molecule has 2 aromatic carbocycles. The molecule has 1 aliphatic rings. The summed E-state index contributed by atoms with van der Waals surface area (Å²) in [7, 11) is 1.87. The first-order chi connectivity index (χ1) is 13.0. The van der Waals surface area contributed by atoms with Crippen LogP contribution in [-0.4, -0.2) is 50.7 Å². The van der Waals surface area contributed by atoms with Crippen LogP contribution in [0.25, 0.3) is 0 Å². The van der Waals surface area contributed by atoms with E-state index in [1.807, 2.05) is 48.3 Å². The second-order valence-electron chi connectivity index (χ2n) is 6.58. The number of hydrogen-bond donors (Lipinski definition) is 1. The topological polar surface area (TPSA) is 44.8 Å². The van der Waals surface area contributed by atoms with Crippen LogP contribution in [0.4, 0.5) is 11.4 Å². The Hall–Kier alpha value is -1.79. The standard InChI is InChI=1S/C20H23Cl2N3O2/c1-24(13-15-3-2-4-18(21)20(15)22)14-19(26)23-16-5-7-17(8-6-16)25-9-11-27-12-10-25/h2-8H,9-14H2,1H3,(H,23,26). The maximum absolute atomic E-state index is 12.3. The summed E-state index contributed by atoms with van der Waals surface area (Å²) in [6.45, 7) is 4.09. The predicted octanol–water partition coefficient (Wildman–Crippen LogP) is 3.90. The Bertz CT molecular complexity index is 777. The molecule has 7 heteroatoms. The van der Waals surface area contributed by atoms with Crippen molar-refractivity contribution in [3.8, 4) is 0 Å². The third kappa shape index (κ3) is 5.59. The smallest absolute Gasteiger partial charge is 0.238 e. The molecule has 1 saturated heterocycles. The van der Waals surface area contributed by atoms with Crippen molar-refractivity contribution in [2.75, 3.05) is 50.1 Å². The molecule has 27 heavy (non-hydrogen) atoms. The Morgan fingerprint density at radius 1 is 1.15 bits per heavy atom. The summed E-state index contributed by atoms with van der Waals surface area (Å²) < 4.78 is 5.37. The molecule has 0 aromatic heterocycles. The van der Waals surface area contributed by atoms with Crippen LogP contribution < -0.4 is 10.2 Å². The van der Waals surface area contributed by atoms with Gasteiger partial charge in [-0.2, -0.15) is 0 Å². The summed E-state index contributed by atoms with van der Waals surface area (Å²) >= 11 is 12.3. The fourth-order valence-electron chi connectivity index (χ4n) is 3.04. The average molecular weight is 408 g/mol. The van der Waals surface area contributed by atoms with Gasteiger partial charge in [0.25, 0.3) is 0 Å². The molecule has 1 fully saturated rings. The number of nitrogens with zero attached hydrogens (tertiary/aromatic N) is 2. The van der Waals surface area contributed by atoms with Gasteiger partial charge in [-0.3, -0.25) is 9.69 Å². The van der Waals surface area contributed by atoms with E-state index in [0.29, 0.717) is 16.6 Å². The Balaban J connectivity index is 1.51. The first-order valence-electron chi connectivity index (χ1n) is 8.87. The zero-order valence-corrected chi connectivity index (χ0v) is 16.8. The SMILES string of the molecule is CN(CC(=O)Nc1ccc(N2CCOCC2)cc1)Cc1cccc(Cl)c1Cl. The second-order valence-corrected chi connectivity index (χ2v) is 7.36. The van der Waals surface area contributed by atoms with Gasteiger partial charge in [-0.25, -0.2) is 0 Å². The number of amides is 1. The summed E-state index contributed by atoms with van der Waals surface area (Å²) in [5.41, 5.74) is 2.82. The summed E-state index contributed by atoms with van der Waals surface area (Å²) in [5, 5.41) is 3.99. The van der Waals surface area contributed by atoms with E-state index in [9.17, 15) is 4.79 Å². The molecule has 0 unspecified atom stereocenters. The minimum absolute atomic E-state index is 0.0743. The van der Waals surface area contributed by atoms with E-state index in [4.69, 9.17) is 27.9 Å². The number of ether oxygens (including phenoxy) is 1. The van der Waals surface area contributed by atoms with Crippen LogP contribution >= 0.6 is 23.2 Å². The van der Waals surface area contributed by atoms with Crippen molar-refractivity contribution in [3.63, 3.8) is 0 Å². The molecule has 144 valence electrons. The molecule has 0 spiro atoms. The monoisotopic (exact) mass is 407 g/mol. The average Bonchev–Trinajstić information content (AvgIpc) is 2.66. The van der Waals surface area contributed by atoms with Crippen molar-refractivity contribution in [1.82, 2.24) is 4.90 Å². The Kier molecular flexibility index (Phi) is 6.96. The largest absolute Gasteiger partial charge is 0.378 e. The molecular weight excluding hydrogens is 385 g/mol. The van der Waals surface area contributed by atoms with Crippen molar-refractivity contribution >= 4 is 40.5 Å². The summed E-state index contributed by atoms with van der Waals surface area (Å²) in [6, 6.07) is 13.4. The van der Waals surface area contributed by atoms with E-state index in [1.54, 1.807) is 6.07 Å². The maximum Gasteiger partial charge on any atom is 0.238 e. The number of carbonyl (C=O) groups excluding carboxylic acids is 1. The predicted molar refractivity (Wildman–Crippen MR) is 111 cm³/mol. The van der Waals surface area contributed by atoms with Gasteiger partial charge in [-0.1, -0.05) is 35.3 Å². The van der Waals surface area contributed by atoms with Gasteiger partial charge in [0.15, 0.2) is 0 Å². The fraction of sp³-hybridized carbons (Fsp3) is 0.350. The molecule has 0 aliphatic carbocycles. The van der Waals surface area contributed by atoms with Crippen LogP contribution in [0.15, 0.2) is 42.5 Å². The number of morpholine rings is 1. The number of likely N-dealkylation sites (N-methyl/N-ethyl adjacent to an activating group) is 1. The molecular formula is C20H23Cl2N3O2. The van der Waals surface area contributed by atoms with E-state index in [-0.39, 0.29) is 12.5 Å². The molecule has 3 rings (SSSR count). The highest BCUT2D eigenvalue weighted by Gasteiger charge is 2.13. The Morgan fingerprint density at radius 3 is 2.56 bits per heavy atom. The first kappa shape index (κ1) is 20.0. The number of anilines is 2. The third-order valence-electron chi connectivity index (χ3n) is 4.41. The van der Waals surface area contributed by atoms with Crippen molar-refractivity contribution < 1.29 is 9.53 Å². The molecule has 2 aromatic rings. The number of halogens is 2. The summed E-state index contributed by atoms with van der Waals surface area (Å²) in [5.74, 6) is -0.0743. The highest BCUT2D eigenvalue weighted by atomic mass is 35.5. The quantitative estimate of drug-likeness (QED) is 0.788. The van der Waals surface area contributed by atoms with Crippen LogP contribution in [0, 0.1) is 0 Å². The van der Waals surface area contributed by atoms with Crippen molar-refractivity contribution in [1.29, 1.82) is 0 Å². The highest BCUT2D eigenvalue weighted by molar-refractivity contribution is 6.42. The van der Waals surface area contributed by atoms with Crippen LogP contribution in [-0.2, 0) is 16.1 Å². The number of rotatable bonds is 6. The Labute approximate surface area is 169 Å². The van der Waals surface area contributed by atoms with Gasteiger partial charge in [0.1, 0.15) is 0 Å². The van der Waals surface area contributed by atoms with Gasteiger partial charge in [0.05, 0.1) is 29.8 Å². The maximum atomic E-state index is 12.3. The van der Waals surface area contributed by atoms with E-state index in [1.165, 1.54) is 0 Å². The molecule has 5 nitrogen and oxygen atoms in total. The normalized spacial score (nSPS) is 14.4. The van der Waals surface area contributed by atoms with Gasteiger partial charge in [0, 0.05) is 31.0 Å². The van der Waals surface area contributed by atoms with Crippen molar-refractivity contribution in [3.05, 3.63) is 58.1 Å². The lowest BCUT2D eigenvalue weighted by molar-refractivity contribution is -0.117. The van der Waals surface area contributed by atoms with Crippen LogP contribution in [0.1, 0.15) is 5.56 Å². The van der Waals surface area contributed by atoms with Gasteiger partial charge in [-0.15, -0.1) is 0 Å². The molecule has 0 radical (unpaired) electrons. The lowest BCUT2D eigenvalue weighted by Crippen LogP contribution is -2.36. The summed E-state index contributed by atoms with van der Waals surface area (Å²) in [6.07, 6.45) is 0. The Morgan fingerprint density at radius 2 is 1.85 bits per heavy atom. The third-order valence-corrected chi connectivity index (χ3v) is 5.27. The minimum atomic E-state index is -0.0743. The molecule has 1 N–H and O–H groups in total. The van der Waals surface area contributed by atoms with Gasteiger partial charge in [0.2, 0.25) is 5.91 Å². The van der Waals surface area contributed by atoms with Crippen LogP contribution in [0.3, 0.4) is 0 Å². The lowest BCUT2D eigenvalue weighted by atomic mass is 10.2. The fourth-order valence-corrected chi connectivity index (χ4v) is 3.42. The molecule has 1 aliphatic heterocycles. The number of hydrogen-bond acceptors (Lipinski definition) is 4. The zero-order valence-electron chi connectivity index (χ0n) is 15.3.